The van der Waals surface area contributed by atoms with Crippen LogP contribution in [0.1, 0.15) is 23.4 Å². The molecule has 1 N–H and O–H groups in total. The van der Waals surface area contributed by atoms with Crippen LogP contribution < -0.4 is 4.72 Å². The van der Waals surface area contributed by atoms with Gasteiger partial charge in [0.15, 0.2) is 0 Å². The highest BCUT2D eigenvalue weighted by Crippen LogP contribution is 2.54. The summed E-state index contributed by atoms with van der Waals surface area (Å²) in [4.78, 5) is 0.00693. The lowest BCUT2D eigenvalue weighted by molar-refractivity contribution is 0.601. The van der Waals surface area contributed by atoms with Gasteiger partial charge in [-0.1, -0.05) is 58.3 Å². The Labute approximate surface area is 175 Å². The second-order valence-corrected chi connectivity index (χ2v) is 10.1. The predicted octanol–water partition coefficient (Wildman–Crippen LogP) is 5.38. The van der Waals surface area contributed by atoms with Crippen molar-refractivity contribution in [2.24, 2.45) is 0 Å². The van der Waals surface area contributed by atoms with Gasteiger partial charge in [0, 0.05) is 10.4 Å². The molecule has 1 fully saturated rings. The Bertz CT molecular complexity index is 1110. The van der Waals surface area contributed by atoms with Crippen LogP contribution in [0.5, 0.6) is 0 Å². The smallest absolute Gasteiger partial charge is 0.253 e. The summed E-state index contributed by atoms with van der Waals surface area (Å²) >= 11 is 18.9. The molecule has 27 heavy (non-hydrogen) atoms. The second-order valence-electron chi connectivity index (χ2n) is 6.18. The first-order chi connectivity index (χ1) is 12.8. The average Bonchev–Trinajstić information content (AvgIpc) is 3.31. The van der Waals surface area contributed by atoms with Gasteiger partial charge in [-0.25, -0.2) is 8.42 Å². The van der Waals surface area contributed by atoms with Gasteiger partial charge < -0.3 is 0 Å². The van der Waals surface area contributed by atoms with E-state index in [0.717, 1.165) is 23.4 Å². The summed E-state index contributed by atoms with van der Waals surface area (Å²) in [5, 5.41) is 10.3. The fourth-order valence-electron chi connectivity index (χ4n) is 2.80. The highest BCUT2D eigenvalue weighted by Gasteiger charge is 2.49. The Morgan fingerprint density at radius 1 is 0.963 bits per heavy atom. The molecular formula is C17H12Cl3N3O2S2. The van der Waals surface area contributed by atoms with Crippen LogP contribution in [0.3, 0.4) is 0 Å². The number of nitrogens with one attached hydrogen (secondary N) is 1. The molecule has 1 aliphatic rings. The number of hydrogen-bond donors (Lipinski definition) is 1. The monoisotopic (exact) mass is 459 g/mol. The van der Waals surface area contributed by atoms with Gasteiger partial charge in [-0.15, -0.1) is 10.2 Å². The van der Waals surface area contributed by atoms with E-state index in [-0.39, 0.29) is 25.5 Å². The first-order valence-corrected chi connectivity index (χ1v) is 11.3. The normalized spacial score (nSPS) is 15.5. The van der Waals surface area contributed by atoms with Gasteiger partial charge in [-0.05, 0) is 48.7 Å². The highest BCUT2D eigenvalue weighted by molar-refractivity contribution is 7.93. The van der Waals surface area contributed by atoms with Gasteiger partial charge >= 0.3 is 0 Å². The molecule has 0 aliphatic heterocycles. The highest BCUT2D eigenvalue weighted by atomic mass is 35.5. The van der Waals surface area contributed by atoms with Crippen LogP contribution in [0.25, 0.3) is 0 Å². The van der Waals surface area contributed by atoms with Gasteiger partial charge in [0.2, 0.25) is 5.13 Å². The molecule has 5 nitrogen and oxygen atoms in total. The quantitative estimate of drug-likeness (QED) is 0.555. The van der Waals surface area contributed by atoms with Crippen LogP contribution in [-0.4, -0.2) is 18.6 Å². The lowest BCUT2D eigenvalue weighted by Crippen LogP contribution is -2.12. The molecule has 0 atom stereocenters. The molecule has 0 spiro atoms. The minimum absolute atomic E-state index is 0.00693. The third-order valence-electron chi connectivity index (χ3n) is 4.40. The van der Waals surface area contributed by atoms with E-state index >= 15 is 0 Å². The van der Waals surface area contributed by atoms with Crippen LogP contribution in [0.15, 0.2) is 47.4 Å². The molecule has 1 saturated carbocycles. The molecule has 4 rings (SSSR count). The van der Waals surface area contributed by atoms with Crippen LogP contribution in [0, 0.1) is 0 Å². The largest absolute Gasteiger partial charge is 0.263 e. The Balaban J connectivity index is 1.59. The fraction of sp³-hybridized carbons (Fsp3) is 0.176. The summed E-state index contributed by atoms with van der Waals surface area (Å²) in [5.74, 6) is 0. The van der Waals surface area contributed by atoms with Crippen LogP contribution in [0.2, 0.25) is 15.1 Å². The summed E-state index contributed by atoms with van der Waals surface area (Å²) < 4.78 is 27.6. The van der Waals surface area contributed by atoms with Crippen LogP contribution in [0.4, 0.5) is 5.13 Å². The summed E-state index contributed by atoms with van der Waals surface area (Å²) in [6, 6.07) is 11.7. The third-order valence-corrected chi connectivity index (χ3v) is 7.90. The number of aromatic nitrogens is 2. The number of nitrogens with zero attached hydrogens (tertiary/aromatic N) is 2. The molecule has 0 bridgehead atoms. The van der Waals surface area contributed by atoms with Crippen molar-refractivity contribution in [2.45, 2.75) is 23.2 Å². The van der Waals surface area contributed by atoms with E-state index in [1.54, 1.807) is 0 Å². The molecule has 10 heteroatoms. The zero-order chi connectivity index (χ0) is 19.2. The first kappa shape index (κ1) is 19.0. The van der Waals surface area contributed by atoms with Crippen molar-refractivity contribution in [2.75, 3.05) is 4.72 Å². The standard InChI is InChI=1S/C17H12Cl3N3O2S2/c18-11-3-1-10(2-4-11)17(7-8-17)15-21-22-16(26-15)23-27(24,25)12-5-6-13(19)14(20)9-12/h1-6,9H,7-8H2,(H,22,23). The molecular weight excluding hydrogens is 449 g/mol. The Kier molecular flexibility index (Phi) is 4.84. The first-order valence-electron chi connectivity index (χ1n) is 7.88. The topological polar surface area (TPSA) is 72.0 Å². The van der Waals surface area contributed by atoms with E-state index in [1.807, 2.05) is 24.3 Å². The lowest BCUT2D eigenvalue weighted by atomic mass is 9.97. The van der Waals surface area contributed by atoms with E-state index in [0.29, 0.717) is 5.02 Å². The number of sulfonamides is 1. The van der Waals surface area contributed by atoms with Crippen LogP contribution in [-0.2, 0) is 15.4 Å². The zero-order valence-electron chi connectivity index (χ0n) is 13.6. The minimum atomic E-state index is -3.84. The summed E-state index contributed by atoms with van der Waals surface area (Å²) in [5.41, 5.74) is 0.886. The summed E-state index contributed by atoms with van der Waals surface area (Å²) in [6.07, 6.45) is 1.87. The number of anilines is 1. The zero-order valence-corrected chi connectivity index (χ0v) is 17.5. The molecule has 0 amide bonds. The molecule has 140 valence electrons. The number of benzene rings is 2. The van der Waals surface area contributed by atoms with E-state index in [9.17, 15) is 8.42 Å². The average molecular weight is 461 g/mol. The van der Waals surface area contributed by atoms with Crippen molar-refractivity contribution in [3.8, 4) is 0 Å². The molecule has 1 aromatic heterocycles. The molecule has 0 saturated heterocycles. The van der Waals surface area contributed by atoms with E-state index in [4.69, 9.17) is 34.8 Å². The fourth-order valence-corrected chi connectivity index (χ4v) is 5.55. The third kappa shape index (κ3) is 3.67. The molecule has 1 aliphatic carbocycles. The van der Waals surface area contributed by atoms with E-state index < -0.39 is 10.0 Å². The SMILES string of the molecule is O=S(=O)(Nc1nnc(C2(c3ccc(Cl)cc3)CC2)s1)c1ccc(Cl)c(Cl)c1. The van der Waals surface area contributed by atoms with Crippen molar-refractivity contribution in [1.29, 1.82) is 0 Å². The van der Waals surface area contributed by atoms with Crippen molar-refractivity contribution >= 4 is 61.3 Å². The van der Waals surface area contributed by atoms with Crippen LogP contribution >= 0.6 is 46.1 Å². The number of halogens is 3. The molecule has 0 radical (unpaired) electrons. The number of rotatable bonds is 5. The Hall–Kier alpha value is -1.38. The van der Waals surface area contributed by atoms with Crippen molar-refractivity contribution in [1.82, 2.24) is 10.2 Å². The lowest BCUT2D eigenvalue weighted by Gasteiger charge is -2.11. The van der Waals surface area contributed by atoms with E-state index in [1.165, 1.54) is 29.5 Å². The number of hydrogen-bond acceptors (Lipinski definition) is 5. The van der Waals surface area contributed by atoms with Crippen molar-refractivity contribution < 1.29 is 8.42 Å². The van der Waals surface area contributed by atoms with Gasteiger partial charge in [-0.2, -0.15) is 0 Å². The summed E-state index contributed by atoms with van der Waals surface area (Å²) in [6.45, 7) is 0. The van der Waals surface area contributed by atoms with Gasteiger partial charge in [0.1, 0.15) is 5.01 Å². The molecule has 0 unspecified atom stereocenters. The van der Waals surface area contributed by atoms with Crippen molar-refractivity contribution in [3.63, 3.8) is 0 Å². The van der Waals surface area contributed by atoms with Gasteiger partial charge in [0.05, 0.1) is 14.9 Å². The Morgan fingerprint density at radius 3 is 2.30 bits per heavy atom. The summed E-state index contributed by atoms with van der Waals surface area (Å²) in [7, 11) is -3.84. The minimum Gasteiger partial charge on any atom is -0.253 e. The predicted molar refractivity (Wildman–Crippen MR) is 109 cm³/mol. The van der Waals surface area contributed by atoms with Gasteiger partial charge in [0.25, 0.3) is 10.0 Å². The molecule has 2 aromatic carbocycles. The van der Waals surface area contributed by atoms with E-state index in [2.05, 4.69) is 14.9 Å². The maximum absolute atomic E-state index is 12.6. The van der Waals surface area contributed by atoms with Gasteiger partial charge in [-0.3, -0.25) is 4.72 Å². The second kappa shape index (κ2) is 6.90. The molecule has 1 heterocycles. The van der Waals surface area contributed by atoms with Crippen molar-refractivity contribution in [3.05, 3.63) is 68.1 Å². The molecule has 3 aromatic rings. The maximum Gasteiger partial charge on any atom is 0.263 e. The Morgan fingerprint density at radius 2 is 1.67 bits per heavy atom. The maximum atomic E-state index is 12.6.